The molecule has 1 fully saturated rings. The van der Waals surface area contributed by atoms with Crippen LogP contribution in [0.25, 0.3) is 11.3 Å². The van der Waals surface area contributed by atoms with E-state index in [1.807, 2.05) is 15.3 Å². The second kappa shape index (κ2) is 10.6. The van der Waals surface area contributed by atoms with Crippen LogP contribution in [0.3, 0.4) is 0 Å². The highest BCUT2D eigenvalue weighted by atomic mass is 31.0. The number of hydrogen-bond donors (Lipinski definition) is 1. The van der Waals surface area contributed by atoms with Crippen molar-refractivity contribution in [2.75, 3.05) is 11.9 Å². The zero-order valence-corrected chi connectivity index (χ0v) is 22.7. The van der Waals surface area contributed by atoms with E-state index in [1.165, 1.54) is 6.92 Å². The SMILES string of the molecule is CC(=O)Cc1c(F)c(F)c(P)c(F)c1CN(C)c1nc2c(nc1C1CCCCC1)-c1ccc(O)cc1CC2. The third-order valence-corrected chi connectivity index (χ3v) is 8.19. The first-order valence-electron chi connectivity index (χ1n) is 13.0. The average Bonchev–Trinajstić information content (AvgIpc) is 2.91. The number of nitrogens with zero attached hydrogens (tertiary/aromatic N) is 3. The Morgan fingerprint density at radius 3 is 2.50 bits per heavy atom. The van der Waals surface area contributed by atoms with Crippen LogP contribution in [0.1, 0.15) is 73.0 Å². The maximum Gasteiger partial charge on any atom is 0.169 e. The lowest BCUT2D eigenvalue weighted by Gasteiger charge is -2.30. The van der Waals surface area contributed by atoms with Gasteiger partial charge in [0, 0.05) is 47.9 Å². The number of halogens is 3. The Balaban J connectivity index is 1.62. The van der Waals surface area contributed by atoms with E-state index in [9.17, 15) is 18.7 Å². The zero-order valence-electron chi connectivity index (χ0n) is 21.6. The van der Waals surface area contributed by atoms with Crippen LogP contribution in [-0.4, -0.2) is 27.9 Å². The molecular weight excluding hydrogens is 510 g/mol. The third kappa shape index (κ3) is 4.91. The second-order valence-electron chi connectivity index (χ2n) is 10.5. The molecule has 0 bridgehead atoms. The summed E-state index contributed by atoms with van der Waals surface area (Å²) in [5, 5.41) is 9.48. The van der Waals surface area contributed by atoms with Crippen molar-refractivity contribution in [3.05, 3.63) is 63.7 Å². The molecule has 3 aromatic rings. The molecule has 2 aliphatic carbocycles. The van der Waals surface area contributed by atoms with Crippen LogP contribution >= 0.6 is 9.24 Å². The number of benzene rings is 2. The summed E-state index contributed by atoms with van der Waals surface area (Å²) in [7, 11) is 3.68. The van der Waals surface area contributed by atoms with Gasteiger partial charge in [-0.25, -0.2) is 23.1 Å². The summed E-state index contributed by atoms with van der Waals surface area (Å²) < 4.78 is 44.6. The number of Topliss-reactive ketones (excluding diaryl/α,β-unsaturated/α-hetero) is 1. The van der Waals surface area contributed by atoms with Crippen LogP contribution in [0, 0.1) is 17.5 Å². The van der Waals surface area contributed by atoms with Crippen LogP contribution in [0.2, 0.25) is 0 Å². The molecule has 1 aromatic heterocycles. The van der Waals surface area contributed by atoms with Gasteiger partial charge in [0.25, 0.3) is 0 Å². The van der Waals surface area contributed by atoms with E-state index in [-0.39, 0.29) is 35.1 Å². The maximum atomic E-state index is 15.3. The smallest absolute Gasteiger partial charge is 0.169 e. The van der Waals surface area contributed by atoms with Crippen molar-refractivity contribution in [1.82, 2.24) is 9.97 Å². The summed E-state index contributed by atoms with van der Waals surface area (Å²) >= 11 is 0. The van der Waals surface area contributed by atoms with Gasteiger partial charge in [0.15, 0.2) is 17.5 Å². The van der Waals surface area contributed by atoms with Gasteiger partial charge in [0.2, 0.25) is 0 Å². The first kappa shape index (κ1) is 26.6. The molecule has 1 atom stereocenters. The zero-order chi connectivity index (χ0) is 27.1. The normalized spacial score (nSPS) is 15.2. The molecule has 0 amide bonds. The highest BCUT2D eigenvalue weighted by Gasteiger charge is 2.30. The summed E-state index contributed by atoms with van der Waals surface area (Å²) in [6.07, 6.45) is 6.17. The largest absolute Gasteiger partial charge is 0.508 e. The predicted molar refractivity (Wildman–Crippen MR) is 145 cm³/mol. The number of carbonyl (C=O) groups excluding carboxylic acids is 1. The van der Waals surface area contributed by atoms with E-state index < -0.39 is 29.2 Å². The molecular formula is C29H31F3N3O2P. The fraction of sp³-hybridized carbons (Fsp3) is 0.414. The Hall–Kier alpha value is -2.99. The van der Waals surface area contributed by atoms with Gasteiger partial charge in [0.05, 0.1) is 17.1 Å². The number of carbonyl (C=O) groups is 1. The molecule has 2 aliphatic rings. The Kier molecular flexibility index (Phi) is 7.45. The molecule has 0 radical (unpaired) electrons. The van der Waals surface area contributed by atoms with E-state index in [0.29, 0.717) is 18.7 Å². The number of hydrogen-bond acceptors (Lipinski definition) is 5. The average molecular weight is 542 g/mol. The van der Waals surface area contributed by atoms with Gasteiger partial charge in [-0.15, -0.1) is 0 Å². The predicted octanol–water partition coefficient (Wildman–Crippen LogP) is 5.68. The fourth-order valence-electron chi connectivity index (χ4n) is 5.75. The maximum absolute atomic E-state index is 15.3. The Morgan fingerprint density at radius 2 is 1.79 bits per heavy atom. The van der Waals surface area contributed by atoms with Gasteiger partial charge in [-0.2, -0.15) is 0 Å². The minimum absolute atomic E-state index is 0.0541. The minimum atomic E-state index is -1.30. The Morgan fingerprint density at radius 1 is 1.05 bits per heavy atom. The van der Waals surface area contributed by atoms with E-state index in [2.05, 4.69) is 0 Å². The standard InChI is InChI=1S/C29H31F3N3O2P/c1-15(36)12-20-21(24(31)28(38)25(32)23(20)30)14-35(2)29-26(16-6-4-3-5-7-16)34-27-19-10-9-18(37)13-17(19)8-11-22(27)33-29/h9-10,13,16,37H,3-8,11-12,14,38H2,1-2H3. The van der Waals surface area contributed by atoms with Crippen molar-refractivity contribution in [3.63, 3.8) is 0 Å². The molecule has 1 saturated carbocycles. The number of ketones is 1. The molecule has 9 heteroatoms. The Labute approximate surface area is 222 Å². The molecule has 38 heavy (non-hydrogen) atoms. The van der Waals surface area contributed by atoms with Crippen molar-refractivity contribution in [2.24, 2.45) is 0 Å². The van der Waals surface area contributed by atoms with Gasteiger partial charge in [-0.05, 0) is 56.4 Å². The quantitative estimate of drug-likeness (QED) is 0.321. The number of aryl methyl sites for hydroxylation is 2. The monoisotopic (exact) mass is 541 g/mol. The topological polar surface area (TPSA) is 66.3 Å². The number of fused-ring (bicyclic) bond motifs is 3. The number of aromatic nitrogens is 2. The molecule has 2 aromatic carbocycles. The van der Waals surface area contributed by atoms with Crippen LogP contribution in [0.15, 0.2) is 18.2 Å². The molecule has 1 N–H and O–H groups in total. The second-order valence-corrected chi connectivity index (χ2v) is 11.0. The first-order chi connectivity index (χ1) is 18.2. The lowest BCUT2D eigenvalue weighted by Crippen LogP contribution is -2.27. The van der Waals surface area contributed by atoms with Gasteiger partial charge in [-0.3, -0.25) is 4.79 Å². The number of anilines is 1. The van der Waals surface area contributed by atoms with E-state index in [0.717, 1.165) is 60.3 Å². The number of phenols is 1. The summed E-state index contributed by atoms with van der Waals surface area (Å²) in [6, 6.07) is 5.29. The number of phenolic OH excluding ortho intramolecular Hbond substituents is 1. The van der Waals surface area contributed by atoms with Crippen molar-refractivity contribution in [1.29, 1.82) is 0 Å². The number of aromatic hydroxyl groups is 1. The number of rotatable bonds is 6. The van der Waals surface area contributed by atoms with Crippen LogP contribution < -0.4 is 10.2 Å². The van der Waals surface area contributed by atoms with Gasteiger partial charge >= 0.3 is 0 Å². The summed E-state index contributed by atoms with van der Waals surface area (Å²) in [6.45, 7) is 1.18. The van der Waals surface area contributed by atoms with E-state index in [1.54, 1.807) is 24.1 Å². The van der Waals surface area contributed by atoms with Crippen molar-refractivity contribution in [3.8, 4) is 17.0 Å². The molecule has 0 aliphatic heterocycles. The fourth-order valence-corrected chi connectivity index (χ4v) is 6.05. The molecule has 0 spiro atoms. The highest BCUT2D eigenvalue weighted by Crippen LogP contribution is 2.41. The third-order valence-electron chi connectivity index (χ3n) is 7.68. The minimum Gasteiger partial charge on any atom is -0.508 e. The van der Waals surface area contributed by atoms with Crippen molar-refractivity contribution < 1.29 is 23.1 Å². The van der Waals surface area contributed by atoms with Gasteiger partial charge in [-0.1, -0.05) is 28.5 Å². The molecule has 1 heterocycles. The lowest BCUT2D eigenvalue weighted by atomic mass is 9.85. The lowest BCUT2D eigenvalue weighted by molar-refractivity contribution is -0.116. The molecule has 1 unspecified atom stereocenters. The van der Waals surface area contributed by atoms with Gasteiger partial charge < -0.3 is 10.0 Å². The highest BCUT2D eigenvalue weighted by molar-refractivity contribution is 7.27. The molecule has 0 saturated heterocycles. The molecule has 200 valence electrons. The summed E-state index contributed by atoms with van der Waals surface area (Å²) in [4.78, 5) is 23.8. The van der Waals surface area contributed by atoms with Crippen molar-refractivity contribution in [2.45, 2.75) is 70.8 Å². The van der Waals surface area contributed by atoms with Crippen LogP contribution in [0.4, 0.5) is 19.0 Å². The summed E-state index contributed by atoms with van der Waals surface area (Å²) in [5.74, 6) is -2.77. The van der Waals surface area contributed by atoms with E-state index >= 15 is 4.39 Å². The molecule has 5 nitrogen and oxygen atoms in total. The van der Waals surface area contributed by atoms with Crippen molar-refractivity contribution >= 4 is 26.1 Å². The Bertz CT molecular complexity index is 1420. The van der Waals surface area contributed by atoms with Crippen LogP contribution in [-0.2, 0) is 30.6 Å². The van der Waals surface area contributed by atoms with E-state index in [4.69, 9.17) is 9.97 Å². The summed E-state index contributed by atoms with van der Waals surface area (Å²) in [5.41, 5.74) is 4.08. The van der Waals surface area contributed by atoms with Gasteiger partial charge in [0.1, 0.15) is 17.3 Å². The first-order valence-corrected chi connectivity index (χ1v) is 13.6. The molecule has 5 rings (SSSR count). The van der Waals surface area contributed by atoms with Crippen LogP contribution in [0.5, 0.6) is 5.75 Å².